The Morgan fingerprint density at radius 3 is 2.48 bits per heavy atom. The van der Waals surface area contributed by atoms with Crippen LogP contribution in [0.1, 0.15) is 111 Å². The molecule has 0 amide bonds. The summed E-state index contributed by atoms with van der Waals surface area (Å²) in [5.41, 5.74) is 0.672. The zero-order valence-electron chi connectivity index (χ0n) is 19.4. The third-order valence-corrected chi connectivity index (χ3v) is 9.97. The van der Waals surface area contributed by atoms with Gasteiger partial charge >= 0.3 is 0 Å². The largest absolute Gasteiger partial charge is 0.498 e. The number of ether oxygens (including phenoxy) is 1. The predicted molar refractivity (Wildman–Crippen MR) is 121 cm³/mol. The van der Waals surface area contributed by atoms with Crippen LogP contribution in [0.2, 0.25) is 0 Å². The SMILES string of the molecule is CCCCCCCCOC1=CC2CC[C@@H]3[C@@H](CC[C@]4(C)C(O)CC[C@@H]34)[C@@]2(C)CC1. The van der Waals surface area contributed by atoms with Gasteiger partial charge in [0.25, 0.3) is 0 Å². The first-order valence-electron chi connectivity index (χ1n) is 13.0. The standard InChI is InChI=1S/C27H46O2/c1-4-5-6-7-8-9-18-29-21-14-16-26(2)20(19-21)10-11-22-23-12-13-25(28)27(23,3)17-15-24(22)26/h19-20,22-25,28H,4-18H2,1-3H3/t20?,22-,23-,24+,25?,26-,27-/m0/s1. The van der Waals surface area contributed by atoms with Crippen LogP contribution in [-0.4, -0.2) is 17.8 Å². The third kappa shape index (κ3) is 4.04. The van der Waals surface area contributed by atoms with E-state index in [4.69, 9.17) is 4.74 Å². The second-order valence-corrected chi connectivity index (χ2v) is 11.5. The van der Waals surface area contributed by atoms with Gasteiger partial charge in [-0.25, -0.2) is 0 Å². The molecule has 4 aliphatic rings. The van der Waals surface area contributed by atoms with Gasteiger partial charge in [0.1, 0.15) is 0 Å². The van der Waals surface area contributed by atoms with Gasteiger partial charge in [-0.05, 0) is 91.9 Å². The van der Waals surface area contributed by atoms with E-state index in [0.29, 0.717) is 11.3 Å². The molecule has 0 aliphatic heterocycles. The number of allylic oxidation sites excluding steroid dienone is 2. The summed E-state index contributed by atoms with van der Waals surface area (Å²) in [5.74, 6) is 4.50. The monoisotopic (exact) mass is 402 g/mol. The maximum absolute atomic E-state index is 10.6. The molecule has 0 radical (unpaired) electrons. The first kappa shape index (κ1) is 21.7. The molecule has 0 spiro atoms. The molecule has 0 aromatic rings. The Hall–Kier alpha value is -0.500. The van der Waals surface area contributed by atoms with Gasteiger partial charge in [0.15, 0.2) is 0 Å². The summed E-state index contributed by atoms with van der Waals surface area (Å²) in [7, 11) is 0. The van der Waals surface area contributed by atoms with Gasteiger partial charge in [0.2, 0.25) is 0 Å². The fourth-order valence-corrected chi connectivity index (χ4v) is 8.01. The van der Waals surface area contributed by atoms with Crippen molar-refractivity contribution in [1.82, 2.24) is 0 Å². The van der Waals surface area contributed by atoms with E-state index in [9.17, 15) is 5.11 Å². The molecule has 1 N–H and O–H groups in total. The molecule has 2 unspecified atom stereocenters. The lowest BCUT2D eigenvalue weighted by Gasteiger charge is -2.59. The quantitative estimate of drug-likeness (QED) is 0.433. The molecule has 0 aromatic heterocycles. The summed E-state index contributed by atoms with van der Waals surface area (Å²) in [6.45, 7) is 8.20. The molecule has 4 rings (SSSR count). The van der Waals surface area contributed by atoms with Gasteiger partial charge in [-0.3, -0.25) is 0 Å². The maximum Gasteiger partial charge on any atom is 0.0923 e. The molecule has 2 heteroatoms. The van der Waals surface area contributed by atoms with E-state index in [0.717, 1.165) is 37.2 Å². The van der Waals surface area contributed by atoms with Crippen molar-refractivity contribution in [3.8, 4) is 0 Å². The molecule has 0 aromatic carbocycles. The second-order valence-electron chi connectivity index (χ2n) is 11.5. The minimum Gasteiger partial charge on any atom is -0.498 e. The highest BCUT2D eigenvalue weighted by Crippen LogP contribution is 2.65. The van der Waals surface area contributed by atoms with Crippen molar-refractivity contribution in [3.63, 3.8) is 0 Å². The Morgan fingerprint density at radius 2 is 1.66 bits per heavy atom. The molecule has 2 nitrogen and oxygen atoms in total. The summed E-state index contributed by atoms with van der Waals surface area (Å²) >= 11 is 0. The van der Waals surface area contributed by atoms with E-state index in [1.807, 2.05) is 0 Å². The van der Waals surface area contributed by atoms with Crippen LogP contribution in [0.15, 0.2) is 11.8 Å². The fraction of sp³-hybridized carbons (Fsp3) is 0.926. The number of hydrogen-bond donors (Lipinski definition) is 1. The average Bonchev–Trinajstić information content (AvgIpc) is 3.02. The van der Waals surface area contributed by atoms with Crippen molar-refractivity contribution in [2.75, 3.05) is 6.61 Å². The number of unbranched alkanes of at least 4 members (excludes halogenated alkanes) is 5. The topological polar surface area (TPSA) is 29.5 Å². The summed E-state index contributed by atoms with van der Waals surface area (Å²) < 4.78 is 6.25. The Labute approximate surface area is 179 Å². The fourth-order valence-electron chi connectivity index (χ4n) is 8.01. The lowest BCUT2D eigenvalue weighted by Crippen LogP contribution is -2.53. The highest BCUT2D eigenvalue weighted by molar-refractivity contribution is 5.15. The van der Waals surface area contributed by atoms with Gasteiger partial charge in [-0.1, -0.05) is 52.9 Å². The van der Waals surface area contributed by atoms with Crippen LogP contribution >= 0.6 is 0 Å². The zero-order valence-corrected chi connectivity index (χ0v) is 19.4. The molecule has 0 saturated heterocycles. The maximum atomic E-state index is 10.6. The van der Waals surface area contributed by atoms with E-state index in [-0.39, 0.29) is 11.5 Å². The Bertz CT molecular complexity index is 583. The molecule has 166 valence electrons. The molecule has 0 bridgehead atoms. The lowest BCUT2D eigenvalue weighted by molar-refractivity contribution is -0.107. The second kappa shape index (κ2) is 8.93. The molecular formula is C27H46O2. The predicted octanol–water partition coefficient (Wildman–Crippen LogP) is 7.26. The van der Waals surface area contributed by atoms with Crippen LogP contribution in [0.4, 0.5) is 0 Å². The molecule has 3 fully saturated rings. The normalized spacial score (nSPS) is 43.9. The van der Waals surface area contributed by atoms with E-state index in [1.54, 1.807) is 0 Å². The van der Waals surface area contributed by atoms with Crippen LogP contribution in [0.5, 0.6) is 0 Å². The smallest absolute Gasteiger partial charge is 0.0923 e. The van der Waals surface area contributed by atoms with Crippen molar-refractivity contribution >= 4 is 0 Å². The summed E-state index contributed by atoms with van der Waals surface area (Å²) in [4.78, 5) is 0. The van der Waals surface area contributed by atoms with E-state index in [1.165, 1.54) is 82.8 Å². The van der Waals surface area contributed by atoms with Crippen LogP contribution < -0.4 is 0 Å². The number of hydrogen-bond acceptors (Lipinski definition) is 2. The molecule has 0 heterocycles. The molecule has 7 atom stereocenters. The van der Waals surface area contributed by atoms with Crippen molar-refractivity contribution in [1.29, 1.82) is 0 Å². The summed E-state index contributed by atoms with van der Waals surface area (Å²) in [6.07, 6.45) is 20.6. The number of rotatable bonds is 8. The van der Waals surface area contributed by atoms with Crippen molar-refractivity contribution in [2.24, 2.45) is 34.5 Å². The molecule has 29 heavy (non-hydrogen) atoms. The van der Waals surface area contributed by atoms with E-state index >= 15 is 0 Å². The zero-order chi connectivity index (χ0) is 20.5. The number of fused-ring (bicyclic) bond motifs is 5. The molecule has 3 saturated carbocycles. The first-order valence-corrected chi connectivity index (χ1v) is 13.0. The van der Waals surface area contributed by atoms with Crippen LogP contribution in [0.3, 0.4) is 0 Å². The highest BCUT2D eigenvalue weighted by Gasteiger charge is 2.59. The lowest BCUT2D eigenvalue weighted by atomic mass is 9.46. The minimum atomic E-state index is -0.0489. The third-order valence-electron chi connectivity index (χ3n) is 9.97. The molecular weight excluding hydrogens is 356 g/mol. The average molecular weight is 403 g/mol. The Balaban J connectivity index is 1.33. The van der Waals surface area contributed by atoms with Crippen molar-refractivity contribution < 1.29 is 9.84 Å². The van der Waals surface area contributed by atoms with Gasteiger partial charge in [0.05, 0.1) is 18.5 Å². The summed E-state index contributed by atoms with van der Waals surface area (Å²) in [6, 6.07) is 0. The van der Waals surface area contributed by atoms with Gasteiger partial charge < -0.3 is 9.84 Å². The minimum absolute atomic E-state index is 0.0489. The Kier molecular flexibility index (Phi) is 6.69. The first-order chi connectivity index (χ1) is 14.0. The number of aliphatic hydroxyl groups is 1. The molecule has 4 aliphatic carbocycles. The van der Waals surface area contributed by atoms with Crippen molar-refractivity contribution in [3.05, 3.63) is 11.8 Å². The van der Waals surface area contributed by atoms with Gasteiger partial charge in [-0.15, -0.1) is 0 Å². The van der Waals surface area contributed by atoms with Crippen LogP contribution in [0, 0.1) is 34.5 Å². The van der Waals surface area contributed by atoms with Gasteiger partial charge in [0, 0.05) is 6.42 Å². The van der Waals surface area contributed by atoms with Crippen LogP contribution in [-0.2, 0) is 4.74 Å². The van der Waals surface area contributed by atoms with E-state index < -0.39 is 0 Å². The van der Waals surface area contributed by atoms with Crippen molar-refractivity contribution in [2.45, 2.75) is 117 Å². The Morgan fingerprint density at radius 1 is 0.897 bits per heavy atom. The van der Waals surface area contributed by atoms with Crippen LogP contribution in [0.25, 0.3) is 0 Å². The van der Waals surface area contributed by atoms with Gasteiger partial charge in [-0.2, -0.15) is 0 Å². The highest BCUT2D eigenvalue weighted by atomic mass is 16.5. The van der Waals surface area contributed by atoms with E-state index in [2.05, 4.69) is 26.8 Å². The number of aliphatic hydroxyl groups excluding tert-OH is 1. The summed E-state index contributed by atoms with van der Waals surface area (Å²) in [5, 5.41) is 10.6.